The third kappa shape index (κ3) is 2.94. The molecule has 21 heavy (non-hydrogen) atoms. The van der Waals surface area contributed by atoms with Crippen molar-refractivity contribution in [2.24, 2.45) is 0 Å². The number of halogens is 2. The number of rotatable bonds is 5. The predicted molar refractivity (Wildman–Crippen MR) is 86.3 cm³/mol. The van der Waals surface area contributed by atoms with Crippen LogP contribution in [0.2, 0.25) is 5.02 Å². The molecule has 1 unspecified atom stereocenters. The Morgan fingerprint density at radius 2 is 2.19 bits per heavy atom. The summed E-state index contributed by atoms with van der Waals surface area (Å²) in [6, 6.07) is 9.89. The maximum atomic E-state index is 6.14. The van der Waals surface area contributed by atoms with E-state index in [1.807, 2.05) is 30.3 Å². The fourth-order valence-electron chi connectivity index (χ4n) is 2.68. The molecule has 0 spiro atoms. The SMILES string of the molecule is CC(Cc1ccco1)n1c(CCCl)nc2ccc(Cl)cc21. The van der Waals surface area contributed by atoms with E-state index < -0.39 is 0 Å². The van der Waals surface area contributed by atoms with Gasteiger partial charge in [0.05, 0.1) is 17.3 Å². The second kappa shape index (κ2) is 6.12. The average Bonchev–Trinajstić information content (AvgIpc) is 3.06. The smallest absolute Gasteiger partial charge is 0.111 e. The average molecular weight is 323 g/mol. The Kier molecular flexibility index (Phi) is 4.22. The van der Waals surface area contributed by atoms with Crippen LogP contribution in [0.5, 0.6) is 0 Å². The maximum Gasteiger partial charge on any atom is 0.111 e. The zero-order valence-electron chi connectivity index (χ0n) is 11.7. The van der Waals surface area contributed by atoms with E-state index >= 15 is 0 Å². The Morgan fingerprint density at radius 1 is 1.33 bits per heavy atom. The highest BCUT2D eigenvalue weighted by molar-refractivity contribution is 6.31. The van der Waals surface area contributed by atoms with E-state index in [1.165, 1.54) is 0 Å². The largest absolute Gasteiger partial charge is 0.469 e. The lowest BCUT2D eigenvalue weighted by Gasteiger charge is -2.16. The molecule has 1 atom stereocenters. The van der Waals surface area contributed by atoms with Gasteiger partial charge in [0.25, 0.3) is 0 Å². The number of benzene rings is 1. The predicted octanol–water partition coefficient (Wildman–Crippen LogP) is 4.87. The number of furan rings is 1. The van der Waals surface area contributed by atoms with Crippen LogP contribution in [0.4, 0.5) is 0 Å². The second-order valence-electron chi connectivity index (χ2n) is 5.10. The van der Waals surface area contributed by atoms with E-state index in [9.17, 15) is 0 Å². The van der Waals surface area contributed by atoms with Crippen molar-refractivity contribution in [3.05, 3.63) is 53.2 Å². The zero-order valence-corrected chi connectivity index (χ0v) is 13.2. The van der Waals surface area contributed by atoms with E-state index in [2.05, 4.69) is 16.5 Å². The summed E-state index contributed by atoms with van der Waals surface area (Å²) >= 11 is 12.1. The van der Waals surface area contributed by atoms with Crippen LogP contribution in [0.1, 0.15) is 24.6 Å². The molecule has 5 heteroatoms. The fraction of sp³-hybridized carbons (Fsp3) is 0.312. The molecule has 0 aliphatic rings. The molecule has 0 saturated carbocycles. The molecule has 0 N–H and O–H groups in total. The number of alkyl halides is 1. The number of aromatic nitrogens is 2. The van der Waals surface area contributed by atoms with Crippen LogP contribution < -0.4 is 0 Å². The van der Waals surface area contributed by atoms with Crippen molar-refractivity contribution < 1.29 is 4.42 Å². The maximum absolute atomic E-state index is 6.14. The van der Waals surface area contributed by atoms with Gasteiger partial charge in [-0.3, -0.25) is 0 Å². The minimum Gasteiger partial charge on any atom is -0.469 e. The van der Waals surface area contributed by atoms with Gasteiger partial charge in [0, 0.05) is 29.8 Å². The molecule has 2 heterocycles. The number of fused-ring (bicyclic) bond motifs is 1. The Bertz CT molecular complexity index is 734. The lowest BCUT2D eigenvalue weighted by Crippen LogP contribution is -2.12. The number of hydrogen-bond donors (Lipinski definition) is 0. The van der Waals surface area contributed by atoms with E-state index in [0.29, 0.717) is 10.9 Å². The van der Waals surface area contributed by atoms with Gasteiger partial charge in [-0.1, -0.05) is 11.6 Å². The van der Waals surface area contributed by atoms with Crippen LogP contribution in [-0.2, 0) is 12.8 Å². The summed E-state index contributed by atoms with van der Waals surface area (Å²) in [5.74, 6) is 2.49. The van der Waals surface area contributed by atoms with Crippen LogP contribution in [0.3, 0.4) is 0 Å². The summed E-state index contributed by atoms with van der Waals surface area (Å²) in [4.78, 5) is 4.68. The first-order valence-corrected chi connectivity index (χ1v) is 7.85. The molecule has 0 fully saturated rings. The van der Waals surface area contributed by atoms with Gasteiger partial charge in [-0.15, -0.1) is 11.6 Å². The molecule has 0 radical (unpaired) electrons. The van der Waals surface area contributed by atoms with Gasteiger partial charge in [-0.2, -0.15) is 0 Å². The summed E-state index contributed by atoms with van der Waals surface area (Å²) < 4.78 is 7.67. The van der Waals surface area contributed by atoms with Crippen LogP contribution in [0.25, 0.3) is 11.0 Å². The fourth-order valence-corrected chi connectivity index (χ4v) is 3.02. The van der Waals surface area contributed by atoms with Crippen molar-refractivity contribution >= 4 is 34.2 Å². The Hall–Kier alpha value is -1.45. The summed E-state index contributed by atoms with van der Waals surface area (Å²) in [5, 5.41) is 0.714. The molecule has 3 rings (SSSR count). The molecule has 3 nitrogen and oxygen atoms in total. The lowest BCUT2D eigenvalue weighted by molar-refractivity contribution is 0.447. The zero-order chi connectivity index (χ0) is 14.8. The highest BCUT2D eigenvalue weighted by Crippen LogP contribution is 2.26. The van der Waals surface area contributed by atoms with Crippen molar-refractivity contribution in [2.45, 2.75) is 25.8 Å². The van der Waals surface area contributed by atoms with Crippen molar-refractivity contribution in [1.29, 1.82) is 0 Å². The Morgan fingerprint density at radius 3 is 2.90 bits per heavy atom. The van der Waals surface area contributed by atoms with E-state index in [4.69, 9.17) is 27.6 Å². The van der Waals surface area contributed by atoms with Crippen molar-refractivity contribution in [3.63, 3.8) is 0 Å². The van der Waals surface area contributed by atoms with Crippen LogP contribution in [0, 0.1) is 0 Å². The van der Waals surface area contributed by atoms with E-state index in [0.717, 1.165) is 35.5 Å². The molecular weight excluding hydrogens is 307 g/mol. The first-order valence-electron chi connectivity index (χ1n) is 6.93. The number of imidazole rings is 1. The van der Waals surface area contributed by atoms with Crippen molar-refractivity contribution in [1.82, 2.24) is 9.55 Å². The number of hydrogen-bond acceptors (Lipinski definition) is 2. The summed E-state index contributed by atoms with van der Waals surface area (Å²) in [6.07, 6.45) is 3.24. The minimum atomic E-state index is 0.220. The third-order valence-electron chi connectivity index (χ3n) is 3.56. The molecule has 2 aromatic heterocycles. The second-order valence-corrected chi connectivity index (χ2v) is 5.92. The van der Waals surface area contributed by atoms with Crippen molar-refractivity contribution in [3.8, 4) is 0 Å². The monoisotopic (exact) mass is 322 g/mol. The van der Waals surface area contributed by atoms with Crippen LogP contribution in [0.15, 0.2) is 41.0 Å². The molecule has 1 aromatic carbocycles. The van der Waals surface area contributed by atoms with Crippen LogP contribution >= 0.6 is 23.2 Å². The molecule has 0 saturated heterocycles. The van der Waals surface area contributed by atoms with Gasteiger partial charge in [0.1, 0.15) is 11.6 Å². The summed E-state index contributed by atoms with van der Waals surface area (Å²) in [6.45, 7) is 2.16. The molecule has 0 aliphatic carbocycles. The quantitative estimate of drug-likeness (QED) is 0.627. The third-order valence-corrected chi connectivity index (χ3v) is 3.98. The lowest BCUT2D eigenvalue weighted by atomic mass is 10.1. The minimum absolute atomic E-state index is 0.220. The highest BCUT2D eigenvalue weighted by Gasteiger charge is 2.17. The molecule has 0 aliphatic heterocycles. The van der Waals surface area contributed by atoms with Gasteiger partial charge >= 0.3 is 0 Å². The van der Waals surface area contributed by atoms with E-state index in [-0.39, 0.29) is 6.04 Å². The molecule has 110 valence electrons. The topological polar surface area (TPSA) is 31.0 Å². The van der Waals surface area contributed by atoms with Gasteiger partial charge in [-0.05, 0) is 37.3 Å². The van der Waals surface area contributed by atoms with Gasteiger partial charge < -0.3 is 8.98 Å². The number of aryl methyl sites for hydroxylation is 1. The molecule has 3 aromatic rings. The summed E-state index contributed by atoms with van der Waals surface area (Å²) in [7, 11) is 0. The van der Waals surface area contributed by atoms with Crippen molar-refractivity contribution in [2.75, 3.05) is 5.88 Å². The summed E-state index contributed by atoms with van der Waals surface area (Å²) in [5.41, 5.74) is 1.99. The Balaban J connectivity index is 2.05. The first kappa shape index (κ1) is 14.5. The normalized spacial score (nSPS) is 12.9. The van der Waals surface area contributed by atoms with Gasteiger partial charge in [0.2, 0.25) is 0 Å². The van der Waals surface area contributed by atoms with Gasteiger partial charge in [0.15, 0.2) is 0 Å². The van der Waals surface area contributed by atoms with E-state index in [1.54, 1.807) is 6.26 Å². The standard InChI is InChI=1S/C16H16Cl2N2O/c1-11(9-13-3-2-8-21-13)20-15-10-12(18)4-5-14(15)19-16(20)6-7-17/h2-5,8,10-11H,6-7,9H2,1H3. The van der Waals surface area contributed by atoms with Gasteiger partial charge in [-0.25, -0.2) is 4.98 Å². The van der Waals surface area contributed by atoms with Crippen LogP contribution in [-0.4, -0.2) is 15.4 Å². The highest BCUT2D eigenvalue weighted by atomic mass is 35.5. The first-order chi connectivity index (χ1) is 10.2. The molecule has 0 amide bonds. The molecule has 0 bridgehead atoms. The molecular formula is C16H16Cl2N2O. The Labute approximate surface area is 133 Å². The number of nitrogens with zero attached hydrogens (tertiary/aromatic N) is 2.